The van der Waals surface area contributed by atoms with Gasteiger partial charge in [-0.15, -0.1) is 0 Å². The summed E-state index contributed by atoms with van der Waals surface area (Å²) in [6, 6.07) is 6.50. The summed E-state index contributed by atoms with van der Waals surface area (Å²) in [5, 5.41) is 0. The molecule has 0 atom stereocenters. The molecule has 1 aliphatic heterocycles. The van der Waals surface area contributed by atoms with Crippen molar-refractivity contribution < 1.29 is 0 Å². The van der Waals surface area contributed by atoms with Crippen molar-refractivity contribution in [3.8, 4) is 11.4 Å². The third kappa shape index (κ3) is 2.27. The Kier molecular flexibility index (Phi) is 3.06. The lowest BCUT2D eigenvalue weighted by atomic mass is 10.1. The highest BCUT2D eigenvalue weighted by Gasteiger charge is 2.29. The summed E-state index contributed by atoms with van der Waals surface area (Å²) in [5.74, 6) is 1.97. The molecule has 4 rings (SSSR count). The van der Waals surface area contributed by atoms with Gasteiger partial charge in [-0.3, -0.25) is 0 Å². The number of fused-ring (bicyclic) bond motifs is 1. The molecule has 2 heterocycles. The maximum Gasteiger partial charge on any atom is 0.161 e. The van der Waals surface area contributed by atoms with E-state index in [2.05, 4.69) is 57.7 Å². The quantitative estimate of drug-likeness (QED) is 0.798. The van der Waals surface area contributed by atoms with Crippen LogP contribution in [-0.4, -0.2) is 23.6 Å². The molecule has 21 heavy (non-hydrogen) atoms. The lowest BCUT2D eigenvalue weighted by Crippen LogP contribution is -2.12. The van der Waals surface area contributed by atoms with Gasteiger partial charge in [-0.1, -0.05) is 0 Å². The Labute approximate surface area is 137 Å². The standard InChI is InChI=1S/C16H17IN4/c1-21-7-6-10-8-11(4-5-12(10)21)16-19-14(9-2-3-9)13(17)15(18)20-16/h4-5,8-9H,2-3,6-7H2,1H3,(H2,18,19,20). The topological polar surface area (TPSA) is 55.0 Å². The fourth-order valence-electron chi connectivity index (χ4n) is 2.94. The van der Waals surface area contributed by atoms with Gasteiger partial charge in [0.25, 0.3) is 0 Å². The smallest absolute Gasteiger partial charge is 0.161 e. The summed E-state index contributed by atoms with van der Waals surface area (Å²) in [5.41, 5.74) is 11.0. The van der Waals surface area contributed by atoms with Gasteiger partial charge in [-0.05, 0) is 65.6 Å². The van der Waals surface area contributed by atoms with Crippen LogP contribution >= 0.6 is 22.6 Å². The number of nitrogens with two attached hydrogens (primary N) is 1. The molecular formula is C16H17IN4. The van der Waals surface area contributed by atoms with Crippen LogP contribution in [0.1, 0.15) is 30.0 Å². The molecule has 1 fully saturated rings. The van der Waals surface area contributed by atoms with E-state index in [1.807, 2.05) is 0 Å². The minimum absolute atomic E-state index is 0.585. The van der Waals surface area contributed by atoms with Crippen molar-refractivity contribution >= 4 is 34.1 Å². The first-order chi connectivity index (χ1) is 10.1. The molecule has 5 heteroatoms. The van der Waals surface area contributed by atoms with E-state index in [4.69, 9.17) is 10.7 Å². The molecule has 1 aliphatic carbocycles. The van der Waals surface area contributed by atoms with Gasteiger partial charge in [0.05, 0.1) is 9.26 Å². The van der Waals surface area contributed by atoms with E-state index in [-0.39, 0.29) is 0 Å². The predicted octanol–water partition coefficient (Wildman–Crippen LogP) is 3.20. The van der Waals surface area contributed by atoms with Crippen LogP contribution in [0.4, 0.5) is 11.5 Å². The lowest BCUT2D eigenvalue weighted by Gasteiger charge is -2.12. The lowest BCUT2D eigenvalue weighted by molar-refractivity contribution is 0.956. The van der Waals surface area contributed by atoms with Gasteiger partial charge >= 0.3 is 0 Å². The SMILES string of the molecule is CN1CCc2cc(-c3nc(N)c(I)c(C4CC4)n3)ccc21. The fourth-order valence-corrected chi connectivity index (χ4v) is 3.63. The highest BCUT2D eigenvalue weighted by molar-refractivity contribution is 14.1. The number of nitrogen functional groups attached to an aromatic ring is 1. The van der Waals surface area contributed by atoms with Gasteiger partial charge in [0.2, 0.25) is 0 Å². The molecule has 2 aromatic rings. The highest BCUT2D eigenvalue weighted by Crippen LogP contribution is 2.42. The number of hydrogen-bond acceptors (Lipinski definition) is 4. The first-order valence-electron chi connectivity index (χ1n) is 7.31. The number of hydrogen-bond donors (Lipinski definition) is 1. The van der Waals surface area contributed by atoms with Gasteiger partial charge in [-0.2, -0.15) is 0 Å². The largest absolute Gasteiger partial charge is 0.383 e. The number of nitrogens with zero attached hydrogens (tertiary/aromatic N) is 3. The van der Waals surface area contributed by atoms with Crippen LogP contribution in [0.3, 0.4) is 0 Å². The molecule has 0 spiro atoms. The summed E-state index contributed by atoms with van der Waals surface area (Å²) in [6.45, 7) is 1.09. The normalized spacial score (nSPS) is 17.1. The van der Waals surface area contributed by atoms with E-state index in [9.17, 15) is 0 Å². The number of likely N-dealkylation sites (N-methyl/N-ethyl adjacent to an activating group) is 1. The maximum absolute atomic E-state index is 6.09. The number of aromatic nitrogens is 2. The second kappa shape index (κ2) is 4.83. The molecule has 0 unspecified atom stereocenters. The average Bonchev–Trinajstić information content (AvgIpc) is 3.26. The first-order valence-corrected chi connectivity index (χ1v) is 8.38. The minimum atomic E-state index is 0.585. The summed E-state index contributed by atoms with van der Waals surface area (Å²) >= 11 is 2.27. The zero-order valence-electron chi connectivity index (χ0n) is 11.9. The van der Waals surface area contributed by atoms with Crippen molar-refractivity contribution in [3.63, 3.8) is 0 Å². The predicted molar refractivity (Wildman–Crippen MR) is 93.5 cm³/mol. The third-order valence-electron chi connectivity index (χ3n) is 4.33. The number of halogens is 1. The van der Waals surface area contributed by atoms with Crippen LogP contribution < -0.4 is 10.6 Å². The van der Waals surface area contributed by atoms with E-state index >= 15 is 0 Å². The summed E-state index contributed by atoms with van der Waals surface area (Å²) in [4.78, 5) is 11.6. The van der Waals surface area contributed by atoms with Crippen molar-refractivity contribution in [1.82, 2.24) is 9.97 Å². The van der Waals surface area contributed by atoms with Gasteiger partial charge in [0, 0.05) is 30.8 Å². The number of rotatable bonds is 2. The van der Waals surface area contributed by atoms with E-state index < -0.39 is 0 Å². The molecule has 0 radical (unpaired) electrons. The van der Waals surface area contributed by atoms with Crippen molar-refractivity contribution in [3.05, 3.63) is 33.0 Å². The molecule has 1 aromatic heterocycles. The molecule has 0 saturated heterocycles. The van der Waals surface area contributed by atoms with Crippen molar-refractivity contribution in [2.24, 2.45) is 0 Å². The van der Waals surface area contributed by atoms with Crippen LogP contribution in [0.5, 0.6) is 0 Å². The summed E-state index contributed by atoms with van der Waals surface area (Å²) in [7, 11) is 2.13. The highest BCUT2D eigenvalue weighted by atomic mass is 127. The molecular weight excluding hydrogens is 375 g/mol. The van der Waals surface area contributed by atoms with Crippen LogP contribution in [0.25, 0.3) is 11.4 Å². The number of anilines is 2. The Morgan fingerprint density at radius 2 is 2.10 bits per heavy atom. The summed E-state index contributed by atoms with van der Waals surface area (Å²) in [6.07, 6.45) is 3.54. The Hall–Kier alpha value is -1.37. The molecule has 4 nitrogen and oxygen atoms in total. The Balaban J connectivity index is 1.80. The Bertz CT molecular complexity index is 724. The van der Waals surface area contributed by atoms with Crippen LogP contribution in [0.2, 0.25) is 0 Å². The van der Waals surface area contributed by atoms with Crippen LogP contribution in [0.15, 0.2) is 18.2 Å². The van der Waals surface area contributed by atoms with Crippen molar-refractivity contribution in [2.45, 2.75) is 25.2 Å². The monoisotopic (exact) mass is 392 g/mol. The van der Waals surface area contributed by atoms with E-state index in [1.54, 1.807) is 0 Å². The average molecular weight is 392 g/mol. The molecule has 1 aromatic carbocycles. The van der Waals surface area contributed by atoms with Crippen LogP contribution in [0, 0.1) is 3.57 Å². The summed E-state index contributed by atoms with van der Waals surface area (Å²) < 4.78 is 1.03. The third-order valence-corrected chi connectivity index (χ3v) is 5.44. The minimum Gasteiger partial charge on any atom is -0.383 e. The van der Waals surface area contributed by atoms with Crippen LogP contribution in [-0.2, 0) is 6.42 Å². The zero-order chi connectivity index (χ0) is 14.6. The molecule has 2 N–H and O–H groups in total. The number of benzene rings is 1. The van der Waals surface area contributed by atoms with Gasteiger partial charge < -0.3 is 10.6 Å². The molecule has 2 aliphatic rings. The van der Waals surface area contributed by atoms with Gasteiger partial charge in [0.15, 0.2) is 5.82 Å². The Morgan fingerprint density at radius 1 is 1.29 bits per heavy atom. The van der Waals surface area contributed by atoms with E-state index in [0.29, 0.717) is 11.7 Å². The first kappa shape index (κ1) is 13.3. The van der Waals surface area contributed by atoms with E-state index in [0.717, 1.165) is 33.6 Å². The van der Waals surface area contributed by atoms with Crippen molar-refractivity contribution in [1.29, 1.82) is 0 Å². The molecule has 0 amide bonds. The fraction of sp³-hybridized carbons (Fsp3) is 0.375. The molecule has 0 bridgehead atoms. The van der Waals surface area contributed by atoms with Crippen molar-refractivity contribution in [2.75, 3.05) is 24.2 Å². The second-order valence-corrected chi connectivity index (χ2v) is 7.00. The Morgan fingerprint density at radius 3 is 2.86 bits per heavy atom. The second-order valence-electron chi connectivity index (χ2n) is 5.92. The molecule has 108 valence electrons. The zero-order valence-corrected chi connectivity index (χ0v) is 14.1. The van der Waals surface area contributed by atoms with Gasteiger partial charge in [-0.25, -0.2) is 9.97 Å². The molecule has 1 saturated carbocycles. The van der Waals surface area contributed by atoms with Gasteiger partial charge in [0.1, 0.15) is 5.82 Å². The maximum atomic E-state index is 6.09. The van der Waals surface area contributed by atoms with E-state index in [1.165, 1.54) is 24.1 Å².